The van der Waals surface area contributed by atoms with Crippen LogP contribution >= 0.6 is 0 Å². The third-order valence-electron chi connectivity index (χ3n) is 5.61. The van der Waals surface area contributed by atoms with Crippen LogP contribution in [0.2, 0.25) is 5.04 Å². The predicted octanol–water partition coefficient (Wildman–Crippen LogP) is 3.74. The zero-order valence-corrected chi connectivity index (χ0v) is 17.6. The molecule has 2 atom stereocenters. The minimum absolute atomic E-state index is 0.0774. The van der Waals surface area contributed by atoms with Gasteiger partial charge in [0.1, 0.15) is 6.10 Å². The summed E-state index contributed by atoms with van der Waals surface area (Å²) in [5.41, 5.74) is 0.951. The van der Waals surface area contributed by atoms with Crippen LogP contribution in [0.3, 0.4) is 0 Å². The normalized spacial score (nSPS) is 21.8. The number of fused-ring (bicyclic) bond motifs is 1. The Kier molecular flexibility index (Phi) is 4.85. The fraction of sp³-hybridized carbons (Fsp3) is 0.292. The molecule has 0 saturated carbocycles. The van der Waals surface area contributed by atoms with Gasteiger partial charge in [-0.3, -0.25) is 0 Å². The molecule has 28 heavy (non-hydrogen) atoms. The molecule has 0 aromatic heterocycles. The summed E-state index contributed by atoms with van der Waals surface area (Å²) in [6.45, 7) is 6.81. The SMILES string of the molecule is CC(C)(C)[Si](O[C@H]1C=CC2=CC(=O)OC2C1)(c1ccccc1)c1ccccc1. The number of esters is 1. The molecule has 0 bridgehead atoms. The maximum absolute atomic E-state index is 11.6. The molecule has 0 N–H and O–H groups in total. The van der Waals surface area contributed by atoms with Crippen LogP contribution in [0.1, 0.15) is 27.2 Å². The molecule has 4 heteroatoms. The molecule has 0 fully saturated rings. The second-order valence-corrected chi connectivity index (χ2v) is 12.7. The lowest BCUT2D eigenvalue weighted by Crippen LogP contribution is -2.67. The quantitative estimate of drug-likeness (QED) is 0.589. The molecule has 2 aliphatic rings. The summed E-state index contributed by atoms with van der Waals surface area (Å²) >= 11 is 0. The number of carbonyl (C=O) groups is 1. The molecule has 144 valence electrons. The van der Waals surface area contributed by atoms with Crippen LogP contribution in [-0.4, -0.2) is 26.5 Å². The number of hydrogen-bond acceptors (Lipinski definition) is 3. The van der Waals surface area contributed by atoms with Crippen LogP contribution in [0, 0.1) is 0 Å². The van der Waals surface area contributed by atoms with E-state index in [9.17, 15) is 4.79 Å². The smallest absolute Gasteiger partial charge is 0.331 e. The lowest BCUT2D eigenvalue weighted by molar-refractivity contribution is -0.139. The minimum atomic E-state index is -2.61. The van der Waals surface area contributed by atoms with Crippen molar-refractivity contribution < 1.29 is 14.0 Å². The van der Waals surface area contributed by atoms with Gasteiger partial charge in [0.2, 0.25) is 0 Å². The molecule has 1 unspecified atom stereocenters. The Morgan fingerprint density at radius 2 is 1.54 bits per heavy atom. The largest absolute Gasteiger partial charge is 0.454 e. The van der Waals surface area contributed by atoms with Crippen molar-refractivity contribution >= 4 is 24.7 Å². The van der Waals surface area contributed by atoms with Crippen LogP contribution < -0.4 is 10.4 Å². The summed E-state index contributed by atoms with van der Waals surface area (Å²) in [7, 11) is -2.61. The first-order chi connectivity index (χ1) is 13.4. The first kappa shape index (κ1) is 18.9. The van der Waals surface area contributed by atoms with Crippen LogP contribution in [-0.2, 0) is 14.0 Å². The number of ether oxygens (including phenoxy) is 1. The summed E-state index contributed by atoms with van der Waals surface area (Å²) in [4.78, 5) is 11.6. The van der Waals surface area contributed by atoms with Gasteiger partial charge in [0.15, 0.2) is 0 Å². The van der Waals surface area contributed by atoms with Gasteiger partial charge >= 0.3 is 5.97 Å². The van der Waals surface area contributed by atoms with Crippen molar-refractivity contribution in [2.24, 2.45) is 0 Å². The highest BCUT2D eigenvalue weighted by molar-refractivity contribution is 6.99. The first-order valence-electron chi connectivity index (χ1n) is 9.79. The maximum Gasteiger partial charge on any atom is 0.331 e. The van der Waals surface area contributed by atoms with Crippen LogP contribution in [0.4, 0.5) is 0 Å². The molecule has 1 aliphatic carbocycles. The van der Waals surface area contributed by atoms with Gasteiger partial charge in [-0.25, -0.2) is 4.79 Å². The summed E-state index contributed by atoms with van der Waals surface area (Å²) in [6.07, 6.45) is 6.03. The topological polar surface area (TPSA) is 35.5 Å². The van der Waals surface area contributed by atoms with E-state index in [0.717, 1.165) is 5.57 Å². The van der Waals surface area contributed by atoms with Gasteiger partial charge in [-0.05, 0) is 21.0 Å². The molecule has 0 radical (unpaired) electrons. The maximum atomic E-state index is 11.6. The Morgan fingerprint density at radius 3 is 2.07 bits per heavy atom. The molecule has 0 amide bonds. The number of hydrogen-bond donors (Lipinski definition) is 0. The number of rotatable bonds is 4. The van der Waals surface area contributed by atoms with Crippen molar-refractivity contribution in [3.8, 4) is 0 Å². The fourth-order valence-corrected chi connectivity index (χ4v) is 8.97. The molecule has 3 nitrogen and oxygen atoms in total. The van der Waals surface area contributed by atoms with Gasteiger partial charge in [0, 0.05) is 12.5 Å². The lowest BCUT2D eigenvalue weighted by Gasteiger charge is -2.45. The molecule has 2 aromatic rings. The van der Waals surface area contributed by atoms with E-state index in [2.05, 4.69) is 75.4 Å². The third kappa shape index (κ3) is 3.27. The van der Waals surface area contributed by atoms with E-state index in [0.29, 0.717) is 6.42 Å². The van der Waals surface area contributed by atoms with E-state index in [1.807, 2.05) is 18.2 Å². The van der Waals surface area contributed by atoms with E-state index in [4.69, 9.17) is 9.16 Å². The summed E-state index contributed by atoms with van der Waals surface area (Å²) < 4.78 is 12.6. The summed E-state index contributed by atoms with van der Waals surface area (Å²) in [5.74, 6) is -0.254. The second-order valence-electron chi connectivity index (χ2n) is 8.48. The lowest BCUT2D eigenvalue weighted by atomic mass is 9.98. The fourth-order valence-electron chi connectivity index (χ4n) is 4.32. The highest BCUT2D eigenvalue weighted by Crippen LogP contribution is 2.39. The van der Waals surface area contributed by atoms with E-state index >= 15 is 0 Å². The van der Waals surface area contributed by atoms with Crippen molar-refractivity contribution in [2.45, 2.75) is 44.4 Å². The van der Waals surface area contributed by atoms with Gasteiger partial charge in [0.05, 0.1) is 6.10 Å². The van der Waals surface area contributed by atoms with Gasteiger partial charge < -0.3 is 9.16 Å². The van der Waals surface area contributed by atoms with E-state index in [1.54, 1.807) is 6.08 Å². The molecule has 2 aromatic carbocycles. The third-order valence-corrected chi connectivity index (χ3v) is 10.7. The zero-order valence-electron chi connectivity index (χ0n) is 16.6. The average molecular weight is 391 g/mol. The Labute approximate surface area is 167 Å². The Morgan fingerprint density at radius 1 is 0.964 bits per heavy atom. The van der Waals surface area contributed by atoms with Crippen LogP contribution in [0.5, 0.6) is 0 Å². The molecule has 0 saturated heterocycles. The van der Waals surface area contributed by atoms with E-state index in [1.165, 1.54) is 10.4 Å². The Balaban J connectivity index is 1.79. The van der Waals surface area contributed by atoms with Crippen LogP contribution in [0.25, 0.3) is 0 Å². The first-order valence-corrected chi connectivity index (χ1v) is 11.7. The minimum Gasteiger partial charge on any atom is -0.454 e. The molecule has 1 aliphatic heterocycles. The molecule has 4 rings (SSSR count). The van der Waals surface area contributed by atoms with Gasteiger partial charge in [-0.1, -0.05) is 93.6 Å². The Bertz CT molecular complexity index is 870. The van der Waals surface area contributed by atoms with Gasteiger partial charge in [0.25, 0.3) is 8.32 Å². The summed E-state index contributed by atoms with van der Waals surface area (Å²) in [5, 5.41) is 2.44. The molecule has 0 spiro atoms. The number of benzene rings is 2. The summed E-state index contributed by atoms with van der Waals surface area (Å²) in [6, 6.07) is 21.2. The van der Waals surface area contributed by atoms with Crippen molar-refractivity contribution in [2.75, 3.05) is 0 Å². The van der Waals surface area contributed by atoms with E-state index < -0.39 is 8.32 Å². The monoisotopic (exact) mass is 390 g/mol. The molecular weight excluding hydrogens is 364 g/mol. The number of carbonyl (C=O) groups excluding carboxylic acids is 1. The highest BCUT2D eigenvalue weighted by Gasteiger charge is 2.51. The van der Waals surface area contributed by atoms with Crippen molar-refractivity contribution in [3.63, 3.8) is 0 Å². The second kappa shape index (κ2) is 7.19. The standard InChI is InChI=1S/C24H26O3Si/c1-24(2,3)28(20-10-6-4-7-11-20,21-12-8-5-9-13-21)27-19-15-14-18-16-23(25)26-22(18)17-19/h4-16,19,22H,17H2,1-3H3/t19-,22?/m0/s1. The van der Waals surface area contributed by atoms with Gasteiger partial charge in [-0.2, -0.15) is 0 Å². The van der Waals surface area contributed by atoms with Crippen LogP contribution in [0.15, 0.2) is 84.5 Å². The molecular formula is C24H26O3Si. The van der Waals surface area contributed by atoms with Gasteiger partial charge in [-0.15, -0.1) is 0 Å². The molecule has 1 heterocycles. The highest BCUT2D eigenvalue weighted by atomic mass is 28.4. The van der Waals surface area contributed by atoms with E-state index in [-0.39, 0.29) is 23.2 Å². The van der Waals surface area contributed by atoms with Crippen molar-refractivity contribution in [3.05, 3.63) is 84.5 Å². The van der Waals surface area contributed by atoms with Crippen molar-refractivity contribution in [1.29, 1.82) is 0 Å². The van der Waals surface area contributed by atoms with Crippen molar-refractivity contribution in [1.82, 2.24) is 0 Å². The Hall–Kier alpha value is -2.43. The predicted molar refractivity (Wildman–Crippen MR) is 114 cm³/mol. The average Bonchev–Trinajstić information content (AvgIpc) is 3.06. The zero-order chi connectivity index (χ0) is 19.8.